The second kappa shape index (κ2) is 6.34. The lowest BCUT2D eigenvalue weighted by atomic mass is 9.92. The van der Waals surface area contributed by atoms with Crippen molar-refractivity contribution in [3.63, 3.8) is 0 Å². The Morgan fingerprint density at radius 2 is 1.57 bits per heavy atom. The van der Waals surface area contributed by atoms with Crippen LogP contribution in [-0.4, -0.2) is 53.3 Å². The van der Waals surface area contributed by atoms with E-state index in [0.717, 1.165) is 44.9 Å². The van der Waals surface area contributed by atoms with E-state index >= 15 is 0 Å². The first kappa shape index (κ1) is 14.8. The van der Waals surface area contributed by atoms with Gasteiger partial charge < -0.3 is 15.5 Å². The number of primary amides is 1. The summed E-state index contributed by atoms with van der Waals surface area (Å²) in [5, 5.41) is 0. The van der Waals surface area contributed by atoms with Crippen molar-refractivity contribution in [2.75, 3.05) is 19.6 Å². The van der Waals surface area contributed by atoms with Crippen molar-refractivity contribution >= 4 is 11.8 Å². The number of carbonyl (C=O) groups excluding carboxylic acids is 2. The Balaban J connectivity index is 1.56. The zero-order chi connectivity index (χ0) is 14.8. The molecule has 21 heavy (non-hydrogen) atoms. The SMILES string of the molecule is NC(=O)C1CCCN(C2CCN(C3CCCC3)CC2)C1=O. The molecule has 0 bridgehead atoms. The van der Waals surface area contributed by atoms with E-state index in [0.29, 0.717) is 12.5 Å². The number of rotatable bonds is 3. The summed E-state index contributed by atoms with van der Waals surface area (Å²) < 4.78 is 0. The molecule has 3 fully saturated rings. The van der Waals surface area contributed by atoms with Crippen LogP contribution in [0.1, 0.15) is 51.4 Å². The van der Waals surface area contributed by atoms with Crippen LogP contribution in [0.15, 0.2) is 0 Å². The van der Waals surface area contributed by atoms with Crippen molar-refractivity contribution in [2.45, 2.75) is 63.5 Å². The van der Waals surface area contributed by atoms with Crippen LogP contribution in [0.4, 0.5) is 0 Å². The first-order valence-electron chi connectivity index (χ1n) is 8.50. The van der Waals surface area contributed by atoms with E-state index in [9.17, 15) is 9.59 Å². The molecular formula is C16H27N3O2. The van der Waals surface area contributed by atoms with Gasteiger partial charge in [-0.25, -0.2) is 0 Å². The fourth-order valence-corrected chi connectivity index (χ4v) is 4.36. The van der Waals surface area contributed by atoms with Crippen LogP contribution >= 0.6 is 0 Å². The van der Waals surface area contributed by atoms with E-state index in [-0.39, 0.29) is 5.91 Å². The summed E-state index contributed by atoms with van der Waals surface area (Å²) in [7, 11) is 0. The zero-order valence-electron chi connectivity index (χ0n) is 12.8. The van der Waals surface area contributed by atoms with Crippen LogP contribution in [0.5, 0.6) is 0 Å². The van der Waals surface area contributed by atoms with Gasteiger partial charge in [0.25, 0.3) is 0 Å². The van der Waals surface area contributed by atoms with Gasteiger partial charge in [-0.05, 0) is 38.5 Å². The van der Waals surface area contributed by atoms with Crippen LogP contribution < -0.4 is 5.73 Å². The van der Waals surface area contributed by atoms with Crippen molar-refractivity contribution < 1.29 is 9.59 Å². The predicted molar refractivity (Wildman–Crippen MR) is 80.5 cm³/mol. The van der Waals surface area contributed by atoms with E-state index in [1.165, 1.54) is 25.7 Å². The van der Waals surface area contributed by atoms with Crippen LogP contribution in [-0.2, 0) is 9.59 Å². The van der Waals surface area contributed by atoms with Crippen LogP contribution in [0.25, 0.3) is 0 Å². The number of piperidine rings is 2. The molecular weight excluding hydrogens is 266 g/mol. The van der Waals surface area contributed by atoms with Crippen molar-refractivity contribution in [2.24, 2.45) is 11.7 Å². The van der Waals surface area contributed by atoms with Gasteiger partial charge in [0.15, 0.2) is 0 Å². The number of hydrogen-bond acceptors (Lipinski definition) is 3. The molecule has 0 aromatic carbocycles. The first-order chi connectivity index (χ1) is 10.2. The molecule has 3 aliphatic rings. The summed E-state index contributed by atoms with van der Waals surface area (Å²) in [5.74, 6) is -1.05. The molecule has 2 heterocycles. The van der Waals surface area contributed by atoms with Gasteiger partial charge in [-0.1, -0.05) is 12.8 Å². The number of likely N-dealkylation sites (tertiary alicyclic amines) is 2. The summed E-state index contributed by atoms with van der Waals surface area (Å²) in [6.45, 7) is 3.00. The molecule has 0 aromatic rings. The highest BCUT2D eigenvalue weighted by molar-refractivity contribution is 6.00. The summed E-state index contributed by atoms with van der Waals surface area (Å²) in [6.07, 6.45) is 9.06. The Labute approximate surface area is 126 Å². The minimum atomic E-state index is -0.577. The van der Waals surface area contributed by atoms with Gasteiger partial charge in [0.05, 0.1) is 0 Å². The second-order valence-electron chi connectivity index (χ2n) is 6.83. The Hall–Kier alpha value is -1.10. The molecule has 5 heteroatoms. The molecule has 1 atom stereocenters. The van der Waals surface area contributed by atoms with Gasteiger partial charge >= 0.3 is 0 Å². The zero-order valence-corrected chi connectivity index (χ0v) is 12.8. The van der Waals surface area contributed by atoms with Crippen molar-refractivity contribution in [3.05, 3.63) is 0 Å². The molecule has 1 aliphatic carbocycles. The van der Waals surface area contributed by atoms with E-state index in [4.69, 9.17) is 5.73 Å². The van der Waals surface area contributed by atoms with Gasteiger partial charge in [0.2, 0.25) is 11.8 Å². The first-order valence-corrected chi connectivity index (χ1v) is 8.50. The highest BCUT2D eigenvalue weighted by Gasteiger charge is 2.38. The molecule has 2 N–H and O–H groups in total. The number of hydrogen-bond donors (Lipinski definition) is 1. The third kappa shape index (κ3) is 3.07. The Morgan fingerprint density at radius 1 is 0.905 bits per heavy atom. The Bertz CT molecular complexity index is 398. The highest BCUT2D eigenvalue weighted by atomic mass is 16.2. The number of nitrogens with zero attached hydrogens (tertiary/aromatic N) is 2. The predicted octanol–water partition coefficient (Wildman–Crippen LogP) is 1.12. The average Bonchev–Trinajstić information content (AvgIpc) is 3.02. The molecule has 2 amide bonds. The Kier molecular flexibility index (Phi) is 4.48. The molecule has 3 rings (SSSR count). The summed E-state index contributed by atoms with van der Waals surface area (Å²) >= 11 is 0. The molecule has 2 aliphatic heterocycles. The lowest BCUT2D eigenvalue weighted by molar-refractivity contribution is -0.147. The molecule has 2 saturated heterocycles. The van der Waals surface area contributed by atoms with E-state index < -0.39 is 11.8 Å². The monoisotopic (exact) mass is 293 g/mol. The molecule has 0 aromatic heterocycles. The number of nitrogens with two attached hydrogens (primary N) is 1. The maximum atomic E-state index is 12.4. The van der Waals surface area contributed by atoms with E-state index in [2.05, 4.69) is 4.90 Å². The minimum absolute atomic E-state index is 0.0203. The summed E-state index contributed by atoms with van der Waals surface area (Å²) in [6, 6.07) is 1.10. The third-order valence-corrected chi connectivity index (χ3v) is 5.60. The number of carbonyl (C=O) groups is 2. The van der Waals surface area contributed by atoms with E-state index in [1.807, 2.05) is 4.90 Å². The molecule has 1 unspecified atom stereocenters. The van der Waals surface area contributed by atoms with Gasteiger partial charge in [-0.3, -0.25) is 9.59 Å². The maximum absolute atomic E-state index is 12.4. The van der Waals surface area contributed by atoms with Gasteiger partial charge in [-0.15, -0.1) is 0 Å². The smallest absolute Gasteiger partial charge is 0.235 e. The third-order valence-electron chi connectivity index (χ3n) is 5.60. The van der Waals surface area contributed by atoms with Gasteiger partial charge in [0, 0.05) is 31.7 Å². The summed E-state index contributed by atoms with van der Waals surface area (Å²) in [4.78, 5) is 28.4. The normalized spacial score (nSPS) is 30.0. The van der Waals surface area contributed by atoms with Gasteiger partial charge in [-0.2, -0.15) is 0 Å². The highest BCUT2D eigenvalue weighted by Crippen LogP contribution is 2.29. The van der Waals surface area contributed by atoms with E-state index in [1.54, 1.807) is 0 Å². The quantitative estimate of drug-likeness (QED) is 0.793. The summed E-state index contributed by atoms with van der Waals surface area (Å²) in [5.41, 5.74) is 5.36. The fourth-order valence-electron chi connectivity index (χ4n) is 4.36. The molecule has 118 valence electrons. The second-order valence-corrected chi connectivity index (χ2v) is 6.83. The van der Waals surface area contributed by atoms with Crippen molar-refractivity contribution in [1.82, 2.24) is 9.80 Å². The standard InChI is InChI=1S/C16H27N3O2/c17-15(20)14-6-3-9-19(16(14)21)13-7-10-18(11-8-13)12-4-1-2-5-12/h12-14H,1-11H2,(H2,17,20). The minimum Gasteiger partial charge on any atom is -0.369 e. The average molecular weight is 293 g/mol. The lowest BCUT2D eigenvalue weighted by Gasteiger charge is -2.43. The maximum Gasteiger partial charge on any atom is 0.235 e. The van der Waals surface area contributed by atoms with Crippen LogP contribution in [0.2, 0.25) is 0 Å². The van der Waals surface area contributed by atoms with Gasteiger partial charge in [0.1, 0.15) is 5.92 Å². The van der Waals surface area contributed by atoms with Crippen LogP contribution in [0.3, 0.4) is 0 Å². The Morgan fingerprint density at radius 3 is 2.19 bits per heavy atom. The molecule has 1 saturated carbocycles. The number of amides is 2. The fraction of sp³-hybridized carbons (Fsp3) is 0.875. The molecule has 0 spiro atoms. The topological polar surface area (TPSA) is 66.6 Å². The largest absolute Gasteiger partial charge is 0.369 e. The van der Waals surface area contributed by atoms with Crippen molar-refractivity contribution in [1.29, 1.82) is 0 Å². The molecule has 5 nitrogen and oxygen atoms in total. The van der Waals surface area contributed by atoms with Crippen molar-refractivity contribution in [3.8, 4) is 0 Å². The molecule has 0 radical (unpaired) electrons. The lowest BCUT2D eigenvalue weighted by Crippen LogP contribution is -2.54. The van der Waals surface area contributed by atoms with Crippen LogP contribution in [0, 0.1) is 5.92 Å².